The van der Waals surface area contributed by atoms with Crippen molar-refractivity contribution >= 4 is 34.8 Å². The maximum Gasteiger partial charge on any atom is 0.273 e. The number of hydrogen-bond donors (Lipinski definition) is 1. The number of halogens is 1. The van der Waals surface area contributed by atoms with Gasteiger partial charge in [0, 0.05) is 28.3 Å². The molecule has 2 aliphatic heterocycles. The summed E-state index contributed by atoms with van der Waals surface area (Å²) in [5.41, 5.74) is 10.6. The van der Waals surface area contributed by atoms with Gasteiger partial charge in [-0.15, -0.1) is 0 Å². The lowest BCUT2D eigenvalue weighted by atomic mass is 10.0. The van der Waals surface area contributed by atoms with Gasteiger partial charge in [0.25, 0.3) is 11.8 Å². The summed E-state index contributed by atoms with van der Waals surface area (Å²) in [5, 5.41) is 0.667. The molecule has 32 heavy (non-hydrogen) atoms. The second-order valence-corrected chi connectivity index (χ2v) is 8.34. The number of quaternary nitrogens is 1. The predicted molar refractivity (Wildman–Crippen MR) is 128 cm³/mol. The Bertz CT molecular complexity index is 1300. The van der Waals surface area contributed by atoms with E-state index in [0.29, 0.717) is 17.1 Å². The number of carbonyl (C=O) groups excluding carboxylic acids is 2. The highest BCUT2D eigenvalue weighted by Gasteiger charge is 2.46. The van der Waals surface area contributed by atoms with Gasteiger partial charge in [0.2, 0.25) is 0 Å². The summed E-state index contributed by atoms with van der Waals surface area (Å²) in [6.45, 7) is 0.496. The van der Waals surface area contributed by atoms with Crippen LogP contribution >= 0.6 is 11.6 Å². The van der Waals surface area contributed by atoms with E-state index in [9.17, 15) is 9.59 Å². The number of amides is 2. The zero-order valence-corrected chi connectivity index (χ0v) is 18.0. The van der Waals surface area contributed by atoms with E-state index in [2.05, 4.69) is 0 Å². The Morgan fingerprint density at radius 2 is 1.69 bits per heavy atom. The first kappa shape index (κ1) is 20.2. The molecule has 0 fully saturated rings. The third-order valence-corrected chi connectivity index (χ3v) is 6.36. The van der Waals surface area contributed by atoms with Crippen molar-refractivity contribution in [2.75, 3.05) is 18.0 Å². The molecule has 2 amide bonds. The number of primary amides is 1. The lowest BCUT2D eigenvalue weighted by Crippen LogP contribution is -2.54. The van der Waals surface area contributed by atoms with Crippen molar-refractivity contribution in [1.29, 1.82) is 0 Å². The van der Waals surface area contributed by atoms with Crippen molar-refractivity contribution in [2.45, 2.75) is 0 Å². The minimum absolute atomic E-state index is 0.104. The molecule has 2 heterocycles. The first-order valence-corrected chi connectivity index (χ1v) is 10.7. The normalized spacial score (nSPS) is 18.7. The van der Waals surface area contributed by atoms with Gasteiger partial charge in [0.05, 0.1) is 0 Å². The fourth-order valence-electron chi connectivity index (χ4n) is 4.53. The van der Waals surface area contributed by atoms with Crippen molar-refractivity contribution in [3.63, 3.8) is 0 Å². The Balaban J connectivity index is 1.51. The van der Waals surface area contributed by atoms with Gasteiger partial charge in [-0.25, -0.2) is 4.48 Å². The summed E-state index contributed by atoms with van der Waals surface area (Å²) in [6.07, 6.45) is 5.83. The quantitative estimate of drug-likeness (QED) is 0.586. The Morgan fingerprint density at radius 1 is 0.969 bits per heavy atom. The standard InChI is InChI=1S/C26H20ClN3O2/c27-22-8-2-1-7-21(22)18-11-13-19(14-12-18)26(32)29-16-20-6-5-15-30(20,17-25(28)31)24-10-4-3-9-23(24)29/h1-15H,16-17H2,(H-,28,31)/p+1. The monoisotopic (exact) mass is 442 g/mol. The fraction of sp³-hybridized carbons (Fsp3) is 0.0769. The molecule has 0 spiro atoms. The number of anilines is 1. The fourth-order valence-corrected chi connectivity index (χ4v) is 4.78. The molecule has 0 aromatic heterocycles. The molecule has 158 valence electrons. The van der Waals surface area contributed by atoms with Crippen molar-refractivity contribution in [1.82, 2.24) is 4.48 Å². The first-order chi connectivity index (χ1) is 15.5. The number of rotatable bonds is 4. The molecule has 0 saturated heterocycles. The minimum atomic E-state index is -0.396. The molecule has 0 radical (unpaired) electrons. The van der Waals surface area contributed by atoms with E-state index in [4.69, 9.17) is 17.3 Å². The van der Waals surface area contributed by atoms with Crippen molar-refractivity contribution in [2.24, 2.45) is 5.73 Å². The molecule has 0 saturated carbocycles. The highest BCUT2D eigenvalue weighted by Crippen LogP contribution is 2.45. The highest BCUT2D eigenvalue weighted by molar-refractivity contribution is 6.33. The van der Waals surface area contributed by atoms with Crippen LogP contribution in [0.15, 0.2) is 96.8 Å². The minimum Gasteiger partial charge on any atom is -0.365 e. The van der Waals surface area contributed by atoms with E-state index in [1.54, 1.807) is 4.90 Å². The van der Waals surface area contributed by atoms with Gasteiger partial charge in [-0.1, -0.05) is 54.1 Å². The molecule has 1 unspecified atom stereocenters. The molecule has 2 aliphatic rings. The molecular formula is C26H21ClN3O2+. The van der Waals surface area contributed by atoms with Crippen molar-refractivity contribution in [3.05, 3.63) is 107 Å². The van der Waals surface area contributed by atoms with Crippen LogP contribution < -0.4 is 15.1 Å². The van der Waals surface area contributed by atoms with Crippen molar-refractivity contribution in [3.8, 4) is 11.1 Å². The topological polar surface area (TPSA) is 63.4 Å². The number of carbonyl (C=O) groups is 2. The van der Waals surface area contributed by atoms with Gasteiger partial charge in [0.1, 0.15) is 24.1 Å². The lowest BCUT2D eigenvalue weighted by molar-refractivity contribution is -0.118. The Kier molecular flexibility index (Phi) is 4.93. The van der Waals surface area contributed by atoms with Crippen LogP contribution in [-0.4, -0.2) is 24.9 Å². The second kappa shape index (κ2) is 7.79. The molecule has 3 aromatic rings. The van der Waals surface area contributed by atoms with Crippen LogP contribution in [0.2, 0.25) is 5.02 Å². The second-order valence-electron chi connectivity index (χ2n) is 7.93. The van der Waals surface area contributed by atoms with Crippen LogP contribution in [0.1, 0.15) is 10.4 Å². The third kappa shape index (κ3) is 3.23. The van der Waals surface area contributed by atoms with E-state index < -0.39 is 5.91 Å². The zero-order chi connectivity index (χ0) is 22.3. The molecule has 2 N–H and O–H groups in total. The van der Waals surface area contributed by atoms with Gasteiger partial charge < -0.3 is 5.73 Å². The zero-order valence-electron chi connectivity index (χ0n) is 17.2. The number of fused-ring (bicyclic) bond motifs is 3. The molecule has 1 atom stereocenters. The number of nitrogens with two attached hydrogens (primary N) is 1. The summed E-state index contributed by atoms with van der Waals surface area (Å²) in [6, 6.07) is 22.8. The van der Waals surface area contributed by atoms with E-state index in [1.165, 1.54) is 0 Å². The van der Waals surface area contributed by atoms with Crippen LogP contribution in [0.4, 0.5) is 11.4 Å². The molecule has 0 bridgehead atoms. The molecule has 5 rings (SSSR count). The SMILES string of the molecule is NC(=O)C[N+]12C=CC=C1CN(C(=O)c1ccc(-c3ccccc3Cl)cc1)c1ccccc12. The lowest BCUT2D eigenvalue weighted by Gasteiger charge is -2.41. The summed E-state index contributed by atoms with van der Waals surface area (Å²) < 4.78 is 0.237. The number of hydrogen-bond acceptors (Lipinski definition) is 2. The summed E-state index contributed by atoms with van der Waals surface area (Å²) in [4.78, 5) is 27.2. The average Bonchev–Trinajstić information content (AvgIpc) is 3.21. The highest BCUT2D eigenvalue weighted by atomic mass is 35.5. The molecular weight excluding hydrogens is 422 g/mol. The molecule has 0 aliphatic carbocycles. The molecule has 3 aromatic carbocycles. The van der Waals surface area contributed by atoms with E-state index in [1.807, 2.05) is 91.1 Å². The first-order valence-electron chi connectivity index (χ1n) is 10.3. The van der Waals surface area contributed by atoms with Crippen LogP contribution in [-0.2, 0) is 4.79 Å². The smallest absolute Gasteiger partial charge is 0.273 e. The van der Waals surface area contributed by atoms with Crippen molar-refractivity contribution < 1.29 is 9.59 Å². The Labute approximate surface area is 191 Å². The van der Waals surface area contributed by atoms with E-state index in [-0.39, 0.29) is 16.9 Å². The maximum atomic E-state index is 13.5. The summed E-state index contributed by atoms with van der Waals surface area (Å²) in [7, 11) is 0. The number of para-hydroxylation sites is 2. The number of allylic oxidation sites excluding steroid dienone is 2. The molecule has 6 heteroatoms. The van der Waals surface area contributed by atoms with E-state index in [0.717, 1.165) is 28.2 Å². The maximum absolute atomic E-state index is 13.5. The van der Waals surface area contributed by atoms with Crippen LogP contribution in [0.3, 0.4) is 0 Å². The number of benzene rings is 3. The number of nitrogens with zero attached hydrogens (tertiary/aromatic N) is 2. The summed E-state index contributed by atoms with van der Waals surface area (Å²) in [5.74, 6) is -0.500. The predicted octanol–water partition coefficient (Wildman–Crippen LogP) is 4.87. The van der Waals surface area contributed by atoms with Crippen LogP contribution in [0.25, 0.3) is 11.1 Å². The van der Waals surface area contributed by atoms with E-state index >= 15 is 0 Å². The third-order valence-electron chi connectivity index (χ3n) is 6.03. The van der Waals surface area contributed by atoms with Gasteiger partial charge in [0.15, 0.2) is 12.2 Å². The Hall–Kier alpha value is -3.67. The Morgan fingerprint density at radius 3 is 2.44 bits per heavy atom. The van der Waals surface area contributed by atoms with Gasteiger partial charge in [-0.2, -0.15) is 0 Å². The van der Waals surface area contributed by atoms with Gasteiger partial charge >= 0.3 is 0 Å². The largest absolute Gasteiger partial charge is 0.365 e. The van der Waals surface area contributed by atoms with Gasteiger partial charge in [-0.05, 0) is 35.9 Å². The average molecular weight is 443 g/mol. The molecule has 5 nitrogen and oxygen atoms in total. The van der Waals surface area contributed by atoms with Gasteiger partial charge in [-0.3, -0.25) is 14.5 Å². The summed E-state index contributed by atoms with van der Waals surface area (Å²) >= 11 is 6.32. The van der Waals surface area contributed by atoms with Crippen LogP contribution in [0.5, 0.6) is 0 Å². The van der Waals surface area contributed by atoms with Crippen LogP contribution in [0, 0.1) is 0 Å².